The van der Waals surface area contributed by atoms with Crippen molar-refractivity contribution in [1.82, 2.24) is 14.8 Å². The van der Waals surface area contributed by atoms with Crippen molar-refractivity contribution < 1.29 is 28.2 Å². The van der Waals surface area contributed by atoms with Gasteiger partial charge in [-0.05, 0) is 35.4 Å². The second kappa shape index (κ2) is 11.3. The molecular weight excluding hydrogens is 479 g/mol. The number of morpholine rings is 1. The smallest absolute Gasteiger partial charge is 0.262 e. The average Bonchev–Trinajstić information content (AvgIpc) is 3.58. The summed E-state index contributed by atoms with van der Waals surface area (Å²) in [5.41, 5.74) is 2.27. The lowest BCUT2D eigenvalue weighted by Gasteiger charge is -2.31. The molecule has 0 bridgehead atoms. The topological polar surface area (TPSA) is 83.9 Å². The summed E-state index contributed by atoms with van der Waals surface area (Å²) in [5, 5.41) is 6.13. The molecule has 2 aromatic rings. The molecule has 10 heteroatoms. The lowest BCUT2D eigenvalue weighted by Crippen LogP contribution is -2.46. The molecule has 5 rings (SSSR count). The molecule has 37 heavy (non-hydrogen) atoms. The Hall–Kier alpha value is -3.50. The zero-order chi connectivity index (χ0) is 25.8. The third-order valence-corrected chi connectivity index (χ3v) is 6.90. The van der Waals surface area contributed by atoms with Gasteiger partial charge in [-0.25, -0.2) is 9.40 Å². The highest BCUT2D eigenvalue weighted by atomic mass is 19.1. The third kappa shape index (κ3) is 5.75. The number of carbonyl (C=O) groups is 2. The SMILES string of the molecule is CCC(=O)N(CCN1CCOCC1)CC(=O)N1N=C(c2ccc(F)cc2)C[C@@H]1c1ccc2c(c1)OCO2. The minimum Gasteiger partial charge on any atom is -0.454 e. The number of amides is 2. The minimum atomic E-state index is -0.389. The second-order valence-electron chi connectivity index (χ2n) is 9.25. The highest BCUT2D eigenvalue weighted by Gasteiger charge is 2.35. The molecule has 0 aliphatic carbocycles. The molecule has 1 saturated heterocycles. The number of benzene rings is 2. The number of fused-ring (bicyclic) bond motifs is 1. The zero-order valence-electron chi connectivity index (χ0n) is 20.9. The van der Waals surface area contributed by atoms with E-state index < -0.39 is 0 Å². The van der Waals surface area contributed by atoms with Crippen molar-refractivity contribution in [2.45, 2.75) is 25.8 Å². The molecule has 2 aromatic carbocycles. The van der Waals surface area contributed by atoms with E-state index in [9.17, 15) is 14.0 Å². The van der Waals surface area contributed by atoms with Gasteiger partial charge in [-0.2, -0.15) is 5.10 Å². The van der Waals surface area contributed by atoms with Gasteiger partial charge >= 0.3 is 0 Å². The standard InChI is InChI=1S/C27H31FN4O5/c1-2-26(33)31(10-9-30-11-13-35-14-12-30)17-27(34)32-23(20-5-8-24-25(15-20)37-18-36-24)16-22(29-32)19-3-6-21(28)7-4-19/h3-8,15,23H,2,9-14,16-18H2,1H3/t23-/m1/s1. The first kappa shape index (κ1) is 25.2. The van der Waals surface area contributed by atoms with Crippen LogP contribution in [-0.4, -0.2) is 85.1 Å². The molecule has 2 amide bonds. The molecule has 3 heterocycles. The number of hydrogen-bond acceptors (Lipinski definition) is 7. The van der Waals surface area contributed by atoms with Crippen LogP contribution in [0.3, 0.4) is 0 Å². The van der Waals surface area contributed by atoms with E-state index in [-0.39, 0.29) is 37.0 Å². The van der Waals surface area contributed by atoms with Crippen molar-refractivity contribution in [2.75, 3.05) is 52.7 Å². The fraction of sp³-hybridized carbons (Fsp3) is 0.444. The number of hydrazone groups is 1. The van der Waals surface area contributed by atoms with Crippen LogP contribution in [0, 0.1) is 5.82 Å². The number of carbonyl (C=O) groups excluding carboxylic acids is 2. The van der Waals surface area contributed by atoms with E-state index in [1.54, 1.807) is 24.0 Å². The van der Waals surface area contributed by atoms with E-state index >= 15 is 0 Å². The van der Waals surface area contributed by atoms with Gasteiger partial charge in [0.1, 0.15) is 12.4 Å². The molecule has 0 spiro atoms. The second-order valence-corrected chi connectivity index (χ2v) is 9.25. The van der Waals surface area contributed by atoms with E-state index in [0.717, 1.165) is 24.2 Å². The summed E-state index contributed by atoms with van der Waals surface area (Å²) in [6.45, 7) is 5.98. The zero-order valence-corrected chi connectivity index (χ0v) is 20.9. The third-order valence-electron chi connectivity index (χ3n) is 6.90. The predicted octanol–water partition coefficient (Wildman–Crippen LogP) is 2.80. The molecule has 0 N–H and O–H groups in total. The van der Waals surface area contributed by atoms with E-state index in [4.69, 9.17) is 14.2 Å². The largest absolute Gasteiger partial charge is 0.454 e. The molecular formula is C27H31FN4O5. The molecule has 196 valence electrons. The Morgan fingerprint density at radius 3 is 2.59 bits per heavy atom. The maximum absolute atomic E-state index is 13.7. The Labute approximate surface area is 215 Å². The van der Waals surface area contributed by atoms with Crippen LogP contribution in [0.5, 0.6) is 11.5 Å². The fourth-order valence-electron chi connectivity index (χ4n) is 4.78. The van der Waals surface area contributed by atoms with Crippen molar-refractivity contribution in [3.05, 3.63) is 59.4 Å². The van der Waals surface area contributed by atoms with Crippen molar-refractivity contribution >= 4 is 17.5 Å². The number of nitrogens with zero attached hydrogens (tertiary/aromatic N) is 4. The van der Waals surface area contributed by atoms with Gasteiger partial charge < -0.3 is 19.1 Å². The normalized spacial score (nSPS) is 19.1. The molecule has 0 radical (unpaired) electrons. The van der Waals surface area contributed by atoms with E-state index in [0.29, 0.717) is 56.4 Å². The molecule has 0 saturated carbocycles. The number of hydrogen-bond donors (Lipinski definition) is 0. The van der Waals surface area contributed by atoms with Gasteiger partial charge in [-0.15, -0.1) is 0 Å². The molecule has 9 nitrogen and oxygen atoms in total. The first-order valence-electron chi connectivity index (χ1n) is 12.6. The van der Waals surface area contributed by atoms with Gasteiger partial charge in [0.2, 0.25) is 12.7 Å². The molecule has 0 aromatic heterocycles. The van der Waals surface area contributed by atoms with Gasteiger partial charge in [-0.3, -0.25) is 14.5 Å². The maximum atomic E-state index is 13.7. The summed E-state index contributed by atoms with van der Waals surface area (Å²) in [6.07, 6.45) is 0.762. The first-order valence-corrected chi connectivity index (χ1v) is 12.6. The van der Waals surface area contributed by atoms with Crippen LogP contribution in [0.2, 0.25) is 0 Å². The molecule has 1 atom stereocenters. The summed E-state index contributed by atoms with van der Waals surface area (Å²) >= 11 is 0. The van der Waals surface area contributed by atoms with Gasteiger partial charge in [-0.1, -0.05) is 25.1 Å². The van der Waals surface area contributed by atoms with Crippen molar-refractivity contribution in [2.24, 2.45) is 5.10 Å². The van der Waals surface area contributed by atoms with E-state index in [1.165, 1.54) is 17.1 Å². The van der Waals surface area contributed by atoms with E-state index in [2.05, 4.69) is 10.0 Å². The van der Waals surface area contributed by atoms with Crippen LogP contribution in [0.15, 0.2) is 47.6 Å². The number of ether oxygens (including phenoxy) is 3. The Morgan fingerprint density at radius 1 is 1.08 bits per heavy atom. The number of rotatable bonds is 8. The lowest BCUT2D eigenvalue weighted by molar-refractivity contribution is -0.141. The quantitative estimate of drug-likeness (QED) is 0.543. The fourth-order valence-corrected chi connectivity index (χ4v) is 4.78. The maximum Gasteiger partial charge on any atom is 0.262 e. The molecule has 0 unspecified atom stereocenters. The highest BCUT2D eigenvalue weighted by Crippen LogP contribution is 2.39. The Kier molecular flexibility index (Phi) is 7.66. The van der Waals surface area contributed by atoms with Crippen molar-refractivity contribution in [1.29, 1.82) is 0 Å². The first-order chi connectivity index (χ1) is 18.0. The monoisotopic (exact) mass is 510 g/mol. The summed E-state index contributed by atoms with van der Waals surface area (Å²) in [5.74, 6) is 0.582. The van der Waals surface area contributed by atoms with Crippen LogP contribution in [0.4, 0.5) is 4.39 Å². The Morgan fingerprint density at radius 2 is 1.84 bits per heavy atom. The number of halogens is 1. The summed E-state index contributed by atoms with van der Waals surface area (Å²) in [6, 6.07) is 11.3. The van der Waals surface area contributed by atoms with Gasteiger partial charge in [0, 0.05) is 39.0 Å². The highest BCUT2D eigenvalue weighted by molar-refractivity contribution is 6.03. The summed E-state index contributed by atoms with van der Waals surface area (Å²) in [7, 11) is 0. The molecule has 3 aliphatic heterocycles. The van der Waals surface area contributed by atoms with Crippen LogP contribution < -0.4 is 9.47 Å². The van der Waals surface area contributed by atoms with Crippen LogP contribution in [-0.2, 0) is 14.3 Å². The Bertz CT molecular complexity index is 1170. The van der Waals surface area contributed by atoms with Gasteiger partial charge in [0.15, 0.2) is 11.5 Å². The Balaban J connectivity index is 1.37. The predicted molar refractivity (Wildman–Crippen MR) is 134 cm³/mol. The minimum absolute atomic E-state index is 0.0712. The lowest BCUT2D eigenvalue weighted by atomic mass is 9.98. The van der Waals surface area contributed by atoms with E-state index in [1.807, 2.05) is 18.2 Å². The molecule has 3 aliphatic rings. The van der Waals surface area contributed by atoms with Gasteiger partial charge in [0.05, 0.1) is 25.0 Å². The van der Waals surface area contributed by atoms with Crippen LogP contribution in [0.25, 0.3) is 0 Å². The summed E-state index contributed by atoms with van der Waals surface area (Å²) < 4.78 is 29.9. The average molecular weight is 511 g/mol. The summed E-state index contributed by atoms with van der Waals surface area (Å²) in [4.78, 5) is 30.2. The molecule has 1 fully saturated rings. The van der Waals surface area contributed by atoms with Gasteiger partial charge in [0.25, 0.3) is 5.91 Å². The van der Waals surface area contributed by atoms with Crippen LogP contribution in [0.1, 0.15) is 36.9 Å². The van der Waals surface area contributed by atoms with Crippen molar-refractivity contribution in [3.63, 3.8) is 0 Å². The van der Waals surface area contributed by atoms with Crippen LogP contribution >= 0.6 is 0 Å². The van der Waals surface area contributed by atoms with Crippen molar-refractivity contribution in [3.8, 4) is 11.5 Å².